The third kappa shape index (κ3) is 5.20. The number of hydrogen-bond acceptors (Lipinski definition) is 11. The molecule has 0 spiro atoms. The number of aliphatic hydroxyl groups excluding tert-OH is 1. The minimum atomic E-state index is -2.06. The Bertz CT molecular complexity index is 1680. The molecule has 3 aromatic rings. The number of rotatable bonds is 7. The lowest BCUT2D eigenvalue weighted by Crippen LogP contribution is -2.52. The average Bonchev–Trinajstić information content (AvgIpc) is 3.02. The van der Waals surface area contributed by atoms with Crippen molar-refractivity contribution in [1.82, 2.24) is 0 Å². The predicted octanol–water partition coefficient (Wildman–Crippen LogP) is 2.64. The number of hydrogen-bond donors (Lipinski definition) is 5. The van der Waals surface area contributed by atoms with E-state index in [-0.39, 0.29) is 47.3 Å². The summed E-state index contributed by atoms with van der Waals surface area (Å²) < 4.78 is 17.4. The maximum atomic E-state index is 13.8. The number of ketones is 3. The molecule has 3 aliphatic rings. The topological polar surface area (TPSA) is 186 Å². The molecule has 0 unspecified atom stereocenters. The number of Topliss-reactive ketones (excluding diaryl/α,β-unsaturated/α-hetero) is 1. The van der Waals surface area contributed by atoms with Crippen molar-refractivity contribution < 1.29 is 49.0 Å². The van der Waals surface area contributed by atoms with Gasteiger partial charge in [-0.05, 0) is 25.0 Å². The van der Waals surface area contributed by atoms with Crippen LogP contribution in [0.5, 0.6) is 17.2 Å². The van der Waals surface area contributed by atoms with E-state index in [0.717, 1.165) is 5.56 Å². The number of aromatic hydroxyl groups is 2. The Morgan fingerprint density at radius 2 is 1.73 bits per heavy atom. The Hall–Kier alpha value is -4.13. The summed E-state index contributed by atoms with van der Waals surface area (Å²) in [5, 5.41) is 45.5. The summed E-state index contributed by atoms with van der Waals surface area (Å²) in [5.74, 6) is -3.09. The van der Waals surface area contributed by atoms with Crippen molar-refractivity contribution in [2.75, 3.05) is 7.11 Å². The average molecular weight is 618 g/mol. The summed E-state index contributed by atoms with van der Waals surface area (Å²) in [5.41, 5.74) is 3.89. The van der Waals surface area contributed by atoms with Crippen LogP contribution in [-0.2, 0) is 27.1 Å². The van der Waals surface area contributed by atoms with E-state index in [9.17, 15) is 34.8 Å². The molecule has 1 fully saturated rings. The van der Waals surface area contributed by atoms with Crippen LogP contribution in [0.15, 0.2) is 48.5 Å². The zero-order valence-electron chi connectivity index (χ0n) is 24.9. The van der Waals surface area contributed by atoms with E-state index < -0.39 is 82.6 Å². The quantitative estimate of drug-likeness (QED) is 0.192. The summed E-state index contributed by atoms with van der Waals surface area (Å²) >= 11 is 0. The third-order valence-corrected chi connectivity index (χ3v) is 9.15. The minimum absolute atomic E-state index is 0.0172. The van der Waals surface area contributed by atoms with Gasteiger partial charge >= 0.3 is 0 Å². The molecule has 0 aromatic heterocycles. The van der Waals surface area contributed by atoms with Gasteiger partial charge in [0, 0.05) is 48.4 Å². The van der Waals surface area contributed by atoms with Crippen LogP contribution in [0, 0.1) is 0 Å². The summed E-state index contributed by atoms with van der Waals surface area (Å²) in [7, 11) is 1.35. The lowest BCUT2D eigenvalue weighted by molar-refractivity contribution is -0.247. The van der Waals surface area contributed by atoms with E-state index in [1.165, 1.54) is 25.3 Å². The molecular weight excluding hydrogens is 582 g/mol. The molecule has 11 heteroatoms. The lowest BCUT2D eigenvalue weighted by Gasteiger charge is -2.42. The van der Waals surface area contributed by atoms with Gasteiger partial charge < -0.3 is 40.4 Å². The molecule has 11 nitrogen and oxygen atoms in total. The number of phenolic OH excluding ortho intramolecular Hbond substituents is 2. The Balaban J connectivity index is 1.45. The van der Waals surface area contributed by atoms with Crippen LogP contribution in [0.25, 0.3) is 0 Å². The molecule has 236 valence electrons. The number of aliphatic hydroxyl groups is 2. The first-order valence-electron chi connectivity index (χ1n) is 14.9. The van der Waals surface area contributed by atoms with Gasteiger partial charge in [0.15, 0.2) is 17.9 Å². The molecule has 0 radical (unpaired) electrons. The zero-order chi connectivity index (χ0) is 32.2. The van der Waals surface area contributed by atoms with Crippen molar-refractivity contribution in [1.29, 1.82) is 0 Å². The summed E-state index contributed by atoms with van der Waals surface area (Å²) in [6.07, 6.45) is -4.35. The van der Waals surface area contributed by atoms with Crippen molar-refractivity contribution in [2.45, 2.75) is 75.3 Å². The Kier molecular flexibility index (Phi) is 8.00. The van der Waals surface area contributed by atoms with E-state index >= 15 is 0 Å². The van der Waals surface area contributed by atoms with Gasteiger partial charge in [-0.1, -0.05) is 42.5 Å². The Labute approximate surface area is 259 Å². The second kappa shape index (κ2) is 11.7. The first-order chi connectivity index (χ1) is 21.4. The second-order valence-electron chi connectivity index (χ2n) is 12.0. The van der Waals surface area contributed by atoms with Gasteiger partial charge in [-0.25, -0.2) is 0 Å². The number of methoxy groups -OCH3 is 1. The maximum absolute atomic E-state index is 13.8. The highest BCUT2D eigenvalue weighted by molar-refractivity contribution is 6.31. The van der Waals surface area contributed by atoms with Gasteiger partial charge in [0.2, 0.25) is 5.78 Å². The summed E-state index contributed by atoms with van der Waals surface area (Å²) in [4.78, 5) is 41.2. The predicted molar refractivity (Wildman–Crippen MR) is 159 cm³/mol. The fraction of sp³-hybridized carbons (Fsp3) is 0.382. The number of nitrogens with two attached hydrogens (primary N) is 1. The molecule has 3 aromatic carbocycles. The molecule has 45 heavy (non-hydrogen) atoms. The number of aryl methyl sites for hydroxylation is 1. The number of ether oxygens (including phenoxy) is 3. The number of carbonyl (C=O) groups excluding carboxylic acids is 3. The molecule has 1 aliphatic heterocycles. The molecular formula is C34H35NO10. The summed E-state index contributed by atoms with van der Waals surface area (Å²) in [6.45, 7) is 1.62. The highest BCUT2D eigenvalue weighted by atomic mass is 16.7. The molecule has 0 bridgehead atoms. The largest absolute Gasteiger partial charge is 0.507 e. The van der Waals surface area contributed by atoms with Crippen molar-refractivity contribution >= 4 is 17.3 Å². The highest BCUT2D eigenvalue weighted by Crippen LogP contribution is 2.52. The van der Waals surface area contributed by atoms with E-state index in [4.69, 9.17) is 19.9 Å². The van der Waals surface area contributed by atoms with E-state index in [1.807, 2.05) is 30.3 Å². The highest BCUT2D eigenvalue weighted by Gasteiger charge is 2.50. The lowest BCUT2D eigenvalue weighted by atomic mass is 9.71. The SMILES string of the molecule is COc1cccc2c1C(=O)c1c(O)c3c(c(O)c1C2=O)C[C@@](O)(C(=O)CCc1ccccc1)C[C@@H]3O[C@H]1C[C@H](N)[C@H](O)[C@H](C)O1. The fourth-order valence-corrected chi connectivity index (χ4v) is 6.74. The van der Waals surface area contributed by atoms with Crippen LogP contribution in [-0.4, -0.2) is 75.0 Å². The molecule has 6 atom stereocenters. The standard InChI is InChI=1S/C34H35NO10/c1-16-29(37)20(35)13-24(44-16)45-22-15-34(42,23(36)12-11-17-7-4-3-5-8-17)14-19-26(22)33(41)28-27(31(19)39)30(38)18-9-6-10-21(43-2)25(18)32(28)40/h3-10,16,20,22,24,29,37,39,41-42H,11-15,35H2,1-2H3/t16-,20-,22-,24-,29+,34-/m0/s1. The third-order valence-electron chi connectivity index (χ3n) is 9.15. The van der Waals surface area contributed by atoms with Crippen molar-refractivity contribution in [2.24, 2.45) is 5.73 Å². The molecule has 0 amide bonds. The minimum Gasteiger partial charge on any atom is -0.507 e. The maximum Gasteiger partial charge on any atom is 0.202 e. The van der Waals surface area contributed by atoms with E-state index in [0.29, 0.717) is 6.42 Å². The molecule has 2 aliphatic carbocycles. The van der Waals surface area contributed by atoms with Gasteiger partial charge in [0.05, 0.1) is 42.1 Å². The van der Waals surface area contributed by atoms with Gasteiger partial charge in [0.1, 0.15) is 22.8 Å². The van der Waals surface area contributed by atoms with Gasteiger partial charge in [-0.3, -0.25) is 14.4 Å². The normalized spacial score (nSPS) is 27.4. The first kappa shape index (κ1) is 30.9. The number of fused-ring (bicyclic) bond motifs is 3. The molecule has 6 N–H and O–H groups in total. The van der Waals surface area contributed by atoms with Crippen LogP contribution in [0.2, 0.25) is 0 Å². The Morgan fingerprint density at radius 1 is 1.02 bits per heavy atom. The number of phenols is 2. The number of carbonyl (C=O) groups is 3. The molecule has 6 rings (SSSR count). The first-order valence-corrected chi connectivity index (χ1v) is 14.9. The van der Waals surface area contributed by atoms with Crippen LogP contribution in [0.3, 0.4) is 0 Å². The molecule has 1 heterocycles. The van der Waals surface area contributed by atoms with E-state index in [1.54, 1.807) is 6.92 Å². The van der Waals surface area contributed by atoms with Crippen LogP contribution in [0.4, 0.5) is 0 Å². The molecule has 1 saturated heterocycles. The van der Waals surface area contributed by atoms with Crippen molar-refractivity contribution in [3.05, 3.63) is 87.5 Å². The van der Waals surface area contributed by atoms with Gasteiger partial charge in [-0.2, -0.15) is 0 Å². The van der Waals surface area contributed by atoms with Gasteiger partial charge in [-0.15, -0.1) is 0 Å². The van der Waals surface area contributed by atoms with Gasteiger partial charge in [0.25, 0.3) is 0 Å². The molecule has 0 saturated carbocycles. The van der Waals surface area contributed by atoms with Crippen LogP contribution < -0.4 is 10.5 Å². The van der Waals surface area contributed by atoms with E-state index in [2.05, 4.69) is 0 Å². The Morgan fingerprint density at radius 3 is 2.42 bits per heavy atom. The van der Waals surface area contributed by atoms with Crippen molar-refractivity contribution in [3.8, 4) is 17.2 Å². The van der Waals surface area contributed by atoms with Crippen molar-refractivity contribution in [3.63, 3.8) is 0 Å². The van der Waals surface area contributed by atoms with Crippen LogP contribution >= 0.6 is 0 Å². The fourth-order valence-electron chi connectivity index (χ4n) is 6.74. The zero-order valence-corrected chi connectivity index (χ0v) is 24.9. The monoisotopic (exact) mass is 617 g/mol. The smallest absolute Gasteiger partial charge is 0.202 e. The van der Waals surface area contributed by atoms with Crippen LogP contribution in [0.1, 0.15) is 80.8 Å². The summed E-state index contributed by atoms with van der Waals surface area (Å²) in [6, 6.07) is 13.0. The number of benzene rings is 3. The second-order valence-corrected chi connectivity index (χ2v) is 12.0.